The Morgan fingerprint density at radius 3 is 2.25 bits per heavy atom. The molecular weight excluding hydrogens is 707 g/mol. The fourth-order valence-electron chi connectivity index (χ4n) is 6.08. The fourth-order valence-corrected chi connectivity index (χ4v) is 6.66. The van der Waals surface area contributed by atoms with Crippen molar-refractivity contribution in [3.63, 3.8) is 0 Å². The zero-order valence-electron chi connectivity index (χ0n) is 29.9. The Morgan fingerprint density at radius 1 is 1.04 bits per heavy atom. The maximum Gasteiger partial charge on any atom is 0.469 e. The lowest BCUT2D eigenvalue weighted by Crippen LogP contribution is -2.52. The maximum absolute atomic E-state index is 13.9. The lowest BCUT2D eigenvalue weighted by Gasteiger charge is -2.27. The third-order valence-corrected chi connectivity index (χ3v) is 9.51. The molecule has 0 saturated carbocycles. The highest BCUT2D eigenvalue weighted by Gasteiger charge is 2.37. The number of ketones is 2. The number of hydrogen-bond donors (Lipinski definition) is 8. The van der Waals surface area contributed by atoms with Crippen LogP contribution in [0, 0.1) is 17.8 Å². The molecule has 7 atom stereocenters. The summed E-state index contributed by atoms with van der Waals surface area (Å²) in [6.45, 7) is 5.34. The van der Waals surface area contributed by atoms with E-state index in [1.165, 1.54) is 24.3 Å². The van der Waals surface area contributed by atoms with Crippen LogP contribution in [-0.2, 0) is 50.8 Å². The molecule has 0 radical (unpaired) electrons. The van der Waals surface area contributed by atoms with Gasteiger partial charge < -0.3 is 50.9 Å². The van der Waals surface area contributed by atoms with Crippen molar-refractivity contribution in [2.75, 3.05) is 19.8 Å². The second kappa shape index (κ2) is 20.6. The van der Waals surface area contributed by atoms with E-state index in [9.17, 15) is 48.7 Å². The summed E-state index contributed by atoms with van der Waals surface area (Å²) in [5.74, 6) is -6.99. The number of hydrogen-bond acceptors (Lipinski definition) is 12. The molecule has 20 heteroatoms. The number of Topliss-reactive ketones (excluding diaryl/α,β-unsaturated/α-hetero) is 2. The number of aliphatic hydroxyl groups excluding tert-OH is 3. The molecule has 0 unspecified atom stereocenters. The van der Waals surface area contributed by atoms with Crippen LogP contribution in [0.2, 0.25) is 0 Å². The summed E-state index contributed by atoms with van der Waals surface area (Å²) in [6.07, 6.45) is 0.409. The predicted molar refractivity (Wildman–Crippen MR) is 182 cm³/mol. The number of aromatic nitrogens is 2. The number of aryl methyl sites for hydroxylation is 1. The van der Waals surface area contributed by atoms with E-state index in [0.717, 1.165) is 6.92 Å². The van der Waals surface area contributed by atoms with E-state index in [0.29, 0.717) is 25.1 Å². The first-order valence-corrected chi connectivity index (χ1v) is 18.7. The highest BCUT2D eigenvalue weighted by atomic mass is 31.2. The van der Waals surface area contributed by atoms with Crippen LogP contribution in [0.3, 0.4) is 0 Å². The van der Waals surface area contributed by atoms with Crippen molar-refractivity contribution in [3.8, 4) is 0 Å². The number of nitrogens with one attached hydrogen (secondary N) is 2. The van der Waals surface area contributed by atoms with Crippen molar-refractivity contribution in [1.82, 2.24) is 25.1 Å². The van der Waals surface area contributed by atoms with Gasteiger partial charge in [0.15, 0.2) is 11.6 Å². The Bertz CT molecular complexity index is 1450. The van der Waals surface area contributed by atoms with Crippen LogP contribution in [0.4, 0.5) is 0 Å². The van der Waals surface area contributed by atoms with Crippen LogP contribution in [0.1, 0.15) is 71.9 Å². The number of nitrogens with two attached hydrogens (primary N) is 1. The van der Waals surface area contributed by atoms with Gasteiger partial charge in [0, 0.05) is 51.2 Å². The molecule has 19 nitrogen and oxygen atoms in total. The minimum Gasteiger partial charge on any atom is -0.394 e. The number of imidazole rings is 1. The molecule has 0 aliphatic carbocycles. The lowest BCUT2D eigenvalue weighted by atomic mass is 9.89. The van der Waals surface area contributed by atoms with Crippen LogP contribution in [-0.4, -0.2) is 125 Å². The highest BCUT2D eigenvalue weighted by Crippen LogP contribution is 2.39. The average Bonchev–Trinajstić information content (AvgIpc) is 3.73. The SMILES string of the molecule is CC(=O)N1CCC[C@H]1C(=O)N[C@@H](CC(C)C)C(=O)C[C@@H](Cc1cncn1CC[C@H](O)CO)C(=O)N[C@@H](CO)C(=O)C[C@H](C(N)=O)[C@@H](C)OP(=O)(O)O. The topological polar surface area (TPSA) is 301 Å². The molecule has 2 rings (SSSR count). The molecule has 9 N–H and O–H groups in total. The summed E-state index contributed by atoms with van der Waals surface area (Å²) in [5.41, 5.74) is 5.81. The van der Waals surface area contributed by atoms with Crippen LogP contribution in [0.5, 0.6) is 0 Å². The number of amides is 4. The number of aliphatic hydroxyl groups is 3. The number of carbonyl (C=O) groups is 6. The van der Waals surface area contributed by atoms with E-state index in [4.69, 9.17) is 15.5 Å². The van der Waals surface area contributed by atoms with Crippen LogP contribution >= 0.6 is 7.82 Å². The molecule has 0 spiro atoms. The number of phosphoric ester groups is 1. The van der Waals surface area contributed by atoms with Crippen molar-refractivity contribution >= 4 is 43.0 Å². The average molecular weight is 761 g/mol. The van der Waals surface area contributed by atoms with Gasteiger partial charge in [-0.05, 0) is 38.5 Å². The molecule has 52 heavy (non-hydrogen) atoms. The summed E-state index contributed by atoms with van der Waals surface area (Å²) in [4.78, 5) is 102. The number of nitrogens with zero attached hydrogens (tertiary/aromatic N) is 3. The molecule has 0 aromatic carbocycles. The number of phosphoric acid groups is 1. The Kier molecular flexibility index (Phi) is 17.7. The van der Waals surface area contributed by atoms with Crippen molar-refractivity contribution in [2.24, 2.45) is 23.5 Å². The predicted octanol–water partition coefficient (Wildman–Crippen LogP) is -1.68. The van der Waals surface area contributed by atoms with Crippen molar-refractivity contribution < 1.29 is 63.0 Å². The second-order valence-electron chi connectivity index (χ2n) is 13.6. The molecule has 1 aliphatic heterocycles. The Balaban J connectivity index is 2.37. The van der Waals surface area contributed by atoms with Gasteiger partial charge in [0.05, 0.1) is 49.6 Å². The zero-order valence-corrected chi connectivity index (χ0v) is 30.8. The Morgan fingerprint density at radius 2 is 1.69 bits per heavy atom. The van der Waals surface area contributed by atoms with E-state index in [2.05, 4.69) is 20.1 Å². The molecule has 294 valence electrons. The third-order valence-electron chi connectivity index (χ3n) is 8.90. The third kappa shape index (κ3) is 14.1. The van der Waals surface area contributed by atoms with Gasteiger partial charge in [-0.25, -0.2) is 9.55 Å². The summed E-state index contributed by atoms with van der Waals surface area (Å²) >= 11 is 0. The van der Waals surface area contributed by atoms with Crippen molar-refractivity contribution in [1.29, 1.82) is 0 Å². The van der Waals surface area contributed by atoms with Crippen LogP contribution in [0.15, 0.2) is 12.5 Å². The summed E-state index contributed by atoms with van der Waals surface area (Å²) < 4.78 is 17.4. The van der Waals surface area contributed by atoms with Gasteiger partial charge in [0.1, 0.15) is 12.1 Å². The number of carbonyl (C=O) groups excluding carboxylic acids is 6. The van der Waals surface area contributed by atoms with Gasteiger partial charge in [-0.3, -0.25) is 33.3 Å². The fraction of sp³-hybridized carbons (Fsp3) is 0.719. The minimum absolute atomic E-state index is 0.0695. The normalized spacial score (nSPS) is 18.3. The molecule has 1 aromatic rings. The van der Waals surface area contributed by atoms with E-state index in [1.807, 2.05) is 13.8 Å². The molecule has 1 saturated heterocycles. The zero-order chi connectivity index (χ0) is 39.3. The van der Waals surface area contributed by atoms with Gasteiger partial charge in [0.2, 0.25) is 23.6 Å². The Labute approximate surface area is 301 Å². The van der Waals surface area contributed by atoms with Gasteiger partial charge in [-0.15, -0.1) is 0 Å². The van der Waals surface area contributed by atoms with Gasteiger partial charge in [-0.2, -0.15) is 0 Å². The molecule has 1 aliphatic rings. The first kappa shape index (κ1) is 44.6. The molecule has 1 aromatic heterocycles. The van der Waals surface area contributed by atoms with E-state index < -0.39 is 105 Å². The molecule has 1 fully saturated rings. The van der Waals surface area contributed by atoms with Gasteiger partial charge >= 0.3 is 7.82 Å². The van der Waals surface area contributed by atoms with Gasteiger partial charge in [0.25, 0.3) is 0 Å². The number of likely N-dealkylation sites (tertiary alicyclic amines) is 1. The quantitative estimate of drug-likeness (QED) is 0.0579. The number of rotatable bonds is 23. The molecular formula is C32H53N6O13P. The smallest absolute Gasteiger partial charge is 0.394 e. The lowest BCUT2D eigenvalue weighted by molar-refractivity contribution is -0.138. The highest BCUT2D eigenvalue weighted by molar-refractivity contribution is 7.46. The maximum atomic E-state index is 13.9. The number of primary amides is 1. The van der Waals surface area contributed by atoms with Crippen LogP contribution < -0.4 is 16.4 Å². The minimum atomic E-state index is -5.07. The molecule has 2 heterocycles. The van der Waals surface area contributed by atoms with E-state index >= 15 is 0 Å². The summed E-state index contributed by atoms with van der Waals surface area (Å²) in [7, 11) is -5.07. The van der Waals surface area contributed by atoms with Crippen molar-refractivity contribution in [3.05, 3.63) is 18.2 Å². The van der Waals surface area contributed by atoms with E-state index in [-0.39, 0.29) is 37.6 Å². The monoisotopic (exact) mass is 760 g/mol. The second-order valence-corrected chi connectivity index (χ2v) is 14.8. The summed E-state index contributed by atoms with van der Waals surface area (Å²) in [6, 6.07) is -3.41. The standard InChI is InChI=1S/C32H53N6O13P/c1-18(2)10-25(35-32(47)27-6-5-8-38(27)20(4)41)28(43)12-21(11-22-14-34-17-37(22)9-7-23(42)15-39)31(46)36-26(16-40)29(44)13-24(30(33)45)19(3)51-52(48,49)50/h14,17-19,21,23-27,39-40,42H,5-13,15-16H2,1-4H3,(H2,33,45)(H,35,47)(H,36,46)(H2,48,49,50)/t19-,21-,23+,24+,25+,26+,27+/m1/s1. The Hall–Kier alpha value is -3.58. The first-order chi connectivity index (χ1) is 24.3. The molecule has 0 bridgehead atoms. The first-order valence-electron chi connectivity index (χ1n) is 17.1. The van der Waals surface area contributed by atoms with E-state index in [1.54, 1.807) is 4.57 Å². The summed E-state index contributed by atoms with van der Waals surface area (Å²) in [5, 5.41) is 34.3. The van der Waals surface area contributed by atoms with Crippen LogP contribution in [0.25, 0.3) is 0 Å². The largest absolute Gasteiger partial charge is 0.469 e. The van der Waals surface area contributed by atoms with Gasteiger partial charge in [-0.1, -0.05) is 13.8 Å². The molecule has 4 amide bonds. The van der Waals surface area contributed by atoms with Crippen molar-refractivity contribution in [2.45, 2.75) is 110 Å².